The maximum atomic E-state index is 12.6. The molecule has 0 aliphatic carbocycles. The number of carbonyl (C=O) groups is 1. The van der Waals surface area contributed by atoms with Crippen LogP contribution < -0.4 is 5.56 Å². The molecule has 2 heterocycles. The molecular weight excluding hydrogens is 324 g/mol. The molecule has 0 saturated carbocycles. The minimum absolute atomic E-state index is 0.0605. The lowest BCUT2D eigenvalue weighted by Crippen LogP contribution is -2.24. The van der Waals surface area contributed by atoms with E-state index in [4.69, 9.17) is 5.11 Å². The Morgan fingerprint density at radius 3 is 2.50 bits per heavy atom. The molecule has 0 aliphatic rings. The first-order valence-corrected chi connectivity index (χ1v) is 8.44. The molecule has 0 unspecified atom stereocenters. The number of aliphatic carboxylic acids is 1. The van der Waals surface area contributed by atoms with Gasteiger partial charge in [-0.3, -0.25) is 14.2 Å². The van der Waals surface area contributed by atoms with Gasteiger partial charge in [0.2, 0.25) is 0 Å². The lowest BCUT2D eigenvalue weighted by atomic mass is 9.86. The largest absolute Gasteiger partial charge is 0.480 e. The van der Waals surface area contributed by atoms with Gasteiger partial charge in [0.1, 0.15) is 11.4 Å². The van der Waals surface area contributed by atoms with Crippen LogP contribution in [0.4, 0.5) is 0 Å². The fraction of sp³-hybridized carbons (Fsp3) is 0.278. The van der Waals surface area contributed by atoms with Gasteiger partial charge >= 0.3 is 5.97 Å². The van der Waals surface area contributed by atoms with Crippen molar-refractivity contribution in [3.63, 3.8) is 0 Å². The summed E-state index contributed by atoms with van der Waals surface area (Å²) < 4.78 is 1.13. The van der Waals surface area contributed by atoms with Gasteiger partial charge in [-0.1, -0.05) is 45.0 Å². The van der Waals surface area contributed by atoms with Gasteiger partial charge in [-0.15, -0.1) is 11.3 Å². The van der Waals surface area contributed by atoms with Gasteiger partial charge in [0.25, 0.3) is 5.56 Å². The summed E-state index contributed by atoms with van der Waals surface area (Å²) in [5, 5.41) is 11.3. The van der Waals surface area contributed by atoms with Gasteiger partial charge in [0, 0.05) is 10.9 Å². The van der Waals surface area contributed by atoms with Crippen molar-refractivity contribution in [2.45, 2.75) is 32.7 Å². The Hall–Kier alpha value is -2.47. The number of aromatic nitrogens is 2. The van der Waals surface area contributed by atoms with E-state index in [0.29, 0.717) is 10.2 Å². The van der Waals surface area contributed by atoms with Gasteiger partial charge in [0.15, 0.2) is 0 Å². The standard InChI is InChI=1S/C18H18N2O3S/c1-18(2,3)12-6-4-11(5-7-12)13-9-24-16-15(13)17(23)20(10-19-16)8-14(21)22/h4-7,9-10H,8H2,1-3H3,(H,21,22). The second kappa shape index (κ2) is 5.87. The Morgan fingerprint density at radius 1 is 1.25 bits per heavy atom. The first-order valence-electron chi connectivity index (χ1n) is 7.57. The molecular formula is C18H18N2O3S. The molecule has 0 saturated heterocycles. The van der Waals surface area contributed by atoms with Crippen LogP contribution in [0, 0.1) is 0 Å². The Kier molecular flexibility index (Phi) is 4.01. The van der Waals surface area contributed by atoms with E-state index in [0.717, 1.165) is 15.7 Å². The van der Waals surface area contributed by atoms with E-state index in [1.165, 1.54) is 23.2 Å². The van der Waals surface area contributed by atoms with Crippen molar-refractivity contribution in [3.8, 4) is 11.1 Å². The van der Waals surface area contributed by atoms with Gasteiger partial charge < -0.3 is 5.11 Å². The molecule has 0 spiro atoms. The van der Waals surface area contributed by atoms with E-state index in [1.807, 2.05) is 17.5 Å². The molecule has 3 rings (SSSR count). The summed E-state index contributed by atoms with van der Waals surface area (Å²) in [6.45, 7) is 6.06. The summed E-state index contributed by atoms with van der Waals surface area (Å²) in [7, 11) is 0. The van der Waals surface area contributed by atoms with Crippen LogP contribution in [0.25, 0.3) is 21.3 Å². The summed E-state index contributed by atoms with van der Waals surface area (Å²) in [5.74, 6) is -1.07. The van der Waals surface area contributed by atoms with E-state index >= 15 is 0 Å². The smallest absolute Gasteiger partial charge is 0.323 e. The average Bonchev–Trinajstić information content (AvgIpc) is 2.94. The fourth-order valence-corrected chi connectivity index (χ4v) is 3.49. The number of carboxylic acids is 1. The third-order valence-electron chi connectivity index (χ3n) is 3.93. The van der Waals surface area contributed by atoms with Crippen LogP contribution in [0.2, 0.25) is 0 Å². The first-order chi connectivity index (χ1) is 11.3. The monoisotopic (exact) mass is 342 g/mol. The molecule has 0 atom stereocenters. The van der Waals surface area contributed by atoms with Crippen LogP contribution in [0.5, 0.6) is 0 Å². The number of hydrogen-bond acceptors (Lipinski definition) is 4. The topological polar surface area (TPSA) is 72.2 Å². The molecule has 2 aromatic heterocycles. The van der Waals surface area contributed by atoms with Crippen LogP contribution in [0.15, 0.2) is 40.8 Å². The van der Waals surface area contributed by atoms with Crippen LogP contribution in [-0.4, -0.2) is 20.6 Å². The Morgan fingerprint density at radius 2 is 1.92 bits per heavy atom. The zero-order chi connectivity index (χ0) is 17.5. The Balaban J connectivity index is 2.13. The highest BCUT2D eigenvalue weighted by molar-refractivity contribution is 7.17. The zero-order valence-corrected chi connectivity index (χ0v) is 14.6. The summed E-state index contributed by atoms with van der Waals surface area (Å²) in [6.07, 6.45) is 1.29. The van der Waals surface area contributed by atoms with E-state index in [1.54, 1.807) is 0 Å². The molecule has 5 nitrogen and oxygen atoms in total. The predicted octanol–water partition coefficient (Wildman–Crippen LogP) is 3.51. The molecule has 0 amide bonds. The number of fused-ring (bicyclic) bond motifs is 1. The highest BCUT2D eigenvalue weighted by Crippen LogP contribution is 2.32. The van der Waals surface area contributed by atoms with Crippen molar-refractivity contribution >= 4 is 27.5 Å². The van der Waals surface area contributed by atoms with E-state index < -0.39 is 5.97 Å². The molecule has 1 N–H and O–H groups in total. The first kappa shape index (κ1) is 16.4. The third kappa shape index (κ3) is 2.97. The lowest BCUT2D eigenvalue weighted by molar-refractivity contribution is -0.137. The SMILES string of the molecule is CC(C)(C)c1ccc(-c2csc3ncn(CC(=O)O)c(=O)c23)cc1. The summed E-state index contributed by atoms with van der Waals surface area (Å²) in [6, 6.07) is 8.11. The molecule has 24 heavy (non-hydrogen) atoms. The van der Waals surface area contributed by atoms with E-state index in [2.05, 4.69) is 37.9 Å². The number of thiophene rings is 1. The van der Waals surface area contributed by atoms with Gasteiger partial charge in [-0.05, 0) is 16.5 Å². The van der Waals surface area contributed by atoms with Gasteiger partial charge in [-0.25, -0.2) is 4.98 Å². The number of carboxylic acid groups (broad SMARTS) is 1. The Labute approximate surface area is 143 Å². The van der Waals surface area contributed by atoms with Gasteiger partial charge in [-0.2, -0.15) is 0 Å². The molecule has 1 aromatic carbocycles. The van der Waals surface area contributed by atoms with E-state index in [9.17, 15) is 9.59 Å². The van der Waals surface area contributed by atoms with Crippen LogP contribution in [-0.2, 0) is 16.8 Å². The molecule has 0 aliphatic heterocycles. The average molecular weight is 342 g/mol. The summed E-state index contributed by atoms with van der Waals surface area (Å²) >= 11 is 1.39. The number of benzene rings is 1. The maximum absolute atomic E-state index is 12.6. The maximum Gasteiger partial charge on any atom is 0.323 e. The number of rotatable bonds is 3. The zero-order valence-electron chi connectivity index (χ0n) is 13.7. The van der Waals surface area contributed by atoms with Crippen LogP contribution in [0.1, 0.15) is 26.3 Å². The lowest BCUT2D eigenvalue weighted by Gasteiger charge is -2.19. The number of nitrogens with zero attached hydrogens (tertiary/aromatic N) is 2. The highest BCUT2D eigenvalue weighted by Gasteiger charge is 2.16. The third-order valence-corrected chi connectivity index (χ3v) is 4.81. The molecule has 3 aromatic rings. The van der Waals surface area contributed by atoms with Crippen molar-refractivity contribution in [1.29, 1.82) is 0 Å². The Bertz CT molecular complexity index is 963. The fourth-order valence-electron chi connectivity index (χ4n) is 2.59. The molecule has 0 fully saturated rings. The van der Waals surface area contributed by atoms with Crippen molar-refractivity contribution in [2.24, 2.45) is 0 Å². The molecule has 124 valence electrons. The molecule has 0 bridgehead atoms. The second-order valence-corrected chi connectivity index (χ2v) is 7.59. The van der Waals surface area contributed by atoms with Crippen LogP contribution >= 0.6 is 11.3 Å². The minimum atomic E-state index is -1.07. The summed E-state index contributed by atoms with van der Waals surface area (Å²) in [4.78, 5) is 28.3. The normalized spacial score (nSPS) is 11.8. The van der Waals surface area contributed by atoms with Crippen molar-refractivity contribution in [3.05, 3.63) is 51.9 Å². The quantitative estimate of drug-likeness (QED) is 0.790. The highest BCUT2D eigenvalue weighted by atomic mass is 32.1. The van der Waals surface area contributed by atoms with Gasteiger partial charge in [0.05, 0.1) is 11.7 Å². The summed E-state index contributed by atoms with van der Waals surface area (Å²) in [5.41, 5.74) is 2.69. The minimum Gasteiger partial charge on any atom is -0.480 e. The predicted molar refractivity (Wildman–Crippen MR) is 95.7 cm³/mol. The molecule has 6 heteroatoms. The van der Waals surface area contributed by atoms with Crippen LogP contribution in [0.3, 0.4) is 0 Å². The number of hydrogen-bond donors (Lipinski definition) is 1. The second-order valence-electron chi connectivity index (χ2n) is 6.73. The van der Waals surface area contributed by atoms with Crippen molar-refractivity contribution < 1.29 is 9.90 Å². The molecule has 0 radical (unpaired) electrons. The van der Waals surface area contributed by atoms with Crippen molar-refractivity contribution in [2.75, 3.05) is 0 Å². The van der Waals surface area contributed by atoms with Crippen molar-refractivity contribution in [1.82, 2.24) is 9.55 Å². The van der Waals surface area contributed by atoms with E-state index in [-0.39, 0.29) is 17.5 Å².